The average molecular weight is 260 g/mol. The Hall–Kier alpha value is -0.840. The Morgan fingerprint density at radius 2 is 1.94 bits per heavy atom. The van der Waals surface area contributed by atoms with Gasteiger partial charge in [-0.15, -0.1) is 11.6 Å². The first-order chi connectivity index (χ1) is 7.65. The Morgan fingerprint density at radius 3 is 2.44 bits per heavy atom. The number of alkyl halides is 1. The second kappa shape index (κ2) is 6.68. The van der Waals surface area contributed by atoms with E-state index < -0.39 is 16.3 Å². The van der Waals surface area contributed by atoms with E-state index >= 15 is 0 Å². The number of nitrogens with two attached hydrogens (primary N) is 1. The first-order valence-electron chi connectivity index (χ1n) is 4.95. The quantitative estimate of drug-likeness (QED) is 0.639. The summed E-state index contributed by atoms with van der Waals surface area (Å²) in [6.45, 7) is 0. The van der Waals surface area contributed by atoms with Gasteiger partial charge < -0.3 is 5.73 Å². The molecule has 0 radical (unpaired) electrons. The standard InChI is InChI=1S/C11H14ClNO2S/c12-8-11(16(14)15)10(13)7-6-9-4-2-1-3-5-9/h1-5,10H,6-8,13H2/t10-/m0/s1. The molecule has 0 saturated carbocycles. The Balaban J connectivity index is 2.60. The lowest BCUT2D eigenvalue weighted by Crippen LogP contribution is -2.32. The Bertz CT molecular complexity index is 448. The summed E-state index contributed by atoms with van der Waals surface area (Å²) in [5, 5.41) is 0. The fraction of sp³-hybridized carbons (Fsp3) is 0.364. The lowest BCUT2D eigenvalue weighted by molar-refractivity contribution is 0.625. The number of hydrogen-bond donors (Lipinski definition) is 1. The molecule has 0 bridgehead atoms. The van der Waals surface area contributed by atoms with Gasteiger partial charge in [0.1, 0.15) is 0 Å². The van der Waals surface area contributed by atoms with Crippen LogP contribution in [0.15, 0.2) is 30.3 Å². The maximum atomic E-state index is 10.8. The molecule has 1 aromatic carbocycles. The highest BCUT2D eigenvalue weighted by Gasteiger charge is 2.11. The molecule has 1 rings (SSSR count). The highest BCUT2D eigenvalue weighted by Crippen LogP contribution is 2.05. The van der Waals surface area contributed by atoms with Crippen molar-refractivity contribution in [3.8, 4) is 0 Å². The molecule has 1 aromatic rings. The van der Waals surface area contributed by atoms with Crippen LogP contribution in [0.5, 0.6) is 0 Å². The second-order valence-corrected chi connectivity index (χ2v) is 4.73. The van der Waals surface area contributed by atoms with Gasteiger partial charge in [-0.1, -0.05) is 30.3 Å². The van der Waals surface area contributed by atoms with Crippen molar-refractivity contribution in [3.63, 3.8) is 0 Å². The van der Waals surface area contributed by atoms with Crippen LogP contribution < -0.4 is 5.73 Å². The van der Waals surface area contributed by atoms with Crippen LogP contribution in [0.1, 0.15) is 12.0 Å². The molecule has 1 atom stereocenters. The summed E-state index contributed by atoms with van der Waals surface area (Å²) in [6, 6.07) is 9.31. The molecule has 88 valence electrons. The van der Waals surface area contributed by atoms with Crippen LogP contribution in [0.25, 0.3) is 0 Å². The van der Waals surface area contributed by atoms with E-state index in [0.29, 0.717) is 6.42 Å². The van der Waals surface area contributed by atoms with E-state index in [2.05, 4.69) is 0 Å². The molecule has 0 aliphatic rings. The van der Waals surface area contributed by atoms with Gasteiger partial charge in [0.25, 0.3) is 0 Å². The van der Waals surface area contributed by atoms with Gasteiger partial charge in [-0.25, -0.2) is 0 Å². The Kier molecular flexibility index (Phi) is 5.52. The zero-order valence-corrected chi connectivity index (χ0v) is 10.3. The van der Waals surface area contributed by atoms with Crippen LogP contribution in [-0.4, -0.2) is 25.2 Å². The van der Waals surface area contributed by atoms with Gasteiger partial charge in [0.15, 0.2) is 0 Å². The highest BCUT2D eigenvalue weighted by atomic mass is 35.5. The molecule has 5 heteroatoms. The molecule has 0 amide bonds. The van der Waals surface area contributed by atoms with Crippen molar-refractivity contribution in [2.24, 2.45) is 5.73 Å². The van der Waals surface area contributed by atoms with Gasteiger partial charge in [-0.05, 0) is 18.4 Å². The van der Waals surface area contributed by atoms with E-state index in [1.165, 1.54) is 0 Å². The smallest absolute Gasteiger partial charge is 0.216 e. The molecule has 0 aromatic heterocycles. The van der Waals surface area contributed by atoms with Crippen molar-refractivity contribution in [1.29, 1.82) is 0 Å². The molecule has 16 heavy (non-hydrogen) atoms. The molecule has 0 fully saturated rings. The molecule has 0 saturated heterocycles. The number of halogens is 1. The second-order valence-electron chi connectivity index (χ2n) is 3.47. The first-order valence-corrected chi connectivity index (χ1v) is 6.56. The monoisotopic (exact) mass is 259 g/mol. The summed E-state index contributed by atoms with van der Waals surface area (Å²) < 4.78 is 21.6. The molecule has 0 aliphatic heterocycles. The van der Waals surface area contributed by atoms with Crippen molar-refractivity contribution in [3.05, 3.63) is 35.9 Å². The Morgan fingerprint density at radius 1 is 1.31 bits per heavy atom. The minimum Gasteiger partial charge on any atom is -0.323 e. The zero-order chi connectivity index (χ0) is 12.0. The maximum Gasteiger partial charge on any atom is 0.216 e. The summed E-state index contributed by atoms with van der Waals surface area (Å²) in [4.78, 5) is 0.178. The van der Waals surface area contributed by atoms with E-state index in [-0.39, 0.29) is 10.7 Å². The van der Waals surface area contributed by atoms with E-state index in [0.717, 1.165) is 12.0 Å². The summed E-state index contributed by atoms with van der Waals surface area (Å²) >= 11 is 5.53. The molecule has 0 aliphatic carbocycles. The Labute approximate surface area is 102 Å². The number of aryl methyl sites for hydroxylation is 1. The lowest BCUT2D eigenvalue weighted by Gasteiger charge is -2.09. The van der Waals surface area contributed by atoms with Crippen LogP contribution in [0.3, 0.4) is 0 Å². The van der Waals surface area contributed by atoms with Crippen LogP contribution in [0, 0.1) is 0 Å². The van der Waals surface area contributed by atoms with Crippen LogP contribution in [0.4, 0.5) is 0 Å². The summed E-state index contributed by atoms with van der Waals surface area (Å²) in [5.74, 6) is -0.0356. The van der Waals surface area contributed by atoms with Crippen molar-refractivity contribution in [1.82, 2.24) is 0 Å². The zero-order valence-electron chi connectivity index (χ0n) is 8.77. The molecule has 0 spiro atoms. The first kappa shape index (κ1) is 13.2. The van der Waals surface area contributed by atoms with Crippen LogP contribution >= 0.6 is 11.6 Å². The lowest BCUT2D eigenvalue weighted by atomic mass is 10.0. The highest BCUT2D eigenvalue weighted by molar-refractivity contribution is 7.73. The third kappa shape index (κ3) is 3.96. The third-order valence-electron chi connectivity index (χ3n) is 2.35. The average Bonchev–Trinajstić information content (AvgIpc) is 2.28. The SMILES string of the molecule is N[C@@H](CCc1ccccc1)C(CCl)=S(=O)=O. The van der Waals surface area contributed by atoms with Crippen LogP contribution in [-0.2, 0) is 16.7 Å². The van der Waals surface area contributed by atoms with Gasteiger partial charge in [0, 0.05) is 6.04 Å². The molecular weight excluding hydrogens is 246 g/mol. The van der Waals surface area contributed by atoms with Crippen molar-refractivity contribution < 1.29 is 8.42 Å². The third-order valence-corrected chi connectivity index (χ3v) is 3.67. The summed E-state index contributed by atoms with van der Waals surface area (Å²) in [6.07, 6.45) is 1.33. The van der Waals surface area contributed by atoms with Crippen molar-refractivity contribution in [2.45, 2.75) is 18.9 Å². The molecular formula is C11H14ClNO2S. The fourth-order valence-electron chi connectivity index (χ4n) is 1.40. The van der Waals surface area contributed by atoms with Gasteiger partial charge in [0.05, 0.1) is 10.7 Å². The topological polar surface area (TPSA) is 60.2 Å². The van der Waals surface area contributed by atoms with Crippen LogP contribution in [0.2, 0.25) is 0 Å². The molecule has 3 nitrogen and oxygen atoms in total. The molecule has 2 N–H and O–H groups in total. The van der Waals surface area contributed by atoms with Gasteiger partial charge in [-0.2, -0.15) is 8.42 Å². The van der Waals surface area contributed by atoms with Crippen molar-refractivity contribution >= 4 is 26.8 Å². The minimum atomic E-state index is -2.28. The normalized spacial score (nSPS) is 12.1. The summed E-state index contributed by atoms with van der Waals surface area (Å²) in [7, 11) is -2.28. The van der Waals surface area contributed by atoms with E-state index in [4.69, 9.17) is 17.3 Å². The van der Waals surface area contributed by atoms with Gasteiger partial charge >= 0.3 is 0 Å². The number of rotatable bonds is 5. The fourth-order valence-corrected chi connectivity index (χ4v) is 2.31. The van der Waals surface area contributed by atoms with E-state index in [1.54, 1.807) is 0 Å². The minimum absolute atomic E-state index is 0.0356. The van der Waals surface area contributed by atoms with Crippen molar-refractivity contribution in [2.75, 3.05) is 5.88 Å². The van der Waals surface area contributed by atoms with E-state index in [1.807, 2.05) is 30.3 Å². The molecule has 0 heterocycles. The maximum absolute atomic E-state index is 10.8. The largest absolute Gasteiger partial charge is 0.323 e. The number of hydrogen-bond acceptors (Lipinski definition) is 3. The molecule has 0 unspecified atom stereocenters. The number of benzene rings is 1. The van der Waals surface area contributed by atoms with Gasteiger partial charge in [-0.3, -0.25) is 0 Å². The van der Waals surface area contributed by atoms with Gasteiger partial charge in [0.2, 0.25) is 10.3 Å². The van der Waals surface area contributed by atoms with E-state index in [9.17, 15) is 8.42 Å². The predicted molar refractivity (Wildman–Crippen MR) is 67.4 cm³/mol. The summed E-state index contributed by atoms with van der Waals surface area (Å²) in [5.41, 5.74) is 6.90. The predicted octanol–water partition coefficient (Wildman–Crippen LogP) is 1.24.